The van der Waals surface area contributed by atoms with E-state index in [0.29, 0.717) is 11.7 Å². The smallest absolute Gasteiger partial charge is 0.148 e. The van der Waals surface area contributed by atoms with Crippen molar-refractivity contribution in [2.24, 2.45) is 16.7 Å². The highest BCUT2D eigenvalue weighted by atomic mass is 16.1. The van der Waals surface area contributed by atoms with E-state index in [1.807, 2.05) is 6.08 Å². The number of fused-ring (bicyclic) bond motifs is 2. The second-order valence-electron chi connectivity index (χ2n) is 4.85. The number of allylic oxidation sites excluding steroid dienone is 1. The minimum absolute atomic E-state index is 0.0769. The van der Waals surface area contributed by atoms with Crippen molar-refractivity contribution in [3.63, 3.8) is 0 Å². The van der Waals surface area contributed by atoms with Gasteiger partial charge in [-0.2, -0.15) is 0 Å². The van der Waals surface area contributed by atoms with Crippen LogP contribution in [0.2, 0.25) is 0 Å². The lowest BCUT2D eigenvalue weighted by atomic mass is 9.71. The Labute approximate surface area is 73.8 Å². The van der Waals surface area contributed by atoms with Crippen molar-refractivity contribution >= 4 is 5.78 Å². The van der Waals surface area contributed by atoms with Gasteiger partial charge in [0.05, 0.1) is 0 Å². The molecular formula is C11H16O. The Hall–Kier alpha value is -0.590. The Kier molecular flexibility index (Phi) is 1.35. The third-order valence-electron chi connectivity index (χ3n) is 4.00. The van der Waals surface area contributed by atoms with Crippen molar-refractivity contribution in [2.75, 3.05) is 0 Å². The molecule has 0 radical (unpaired) electrons. The van der Waals surface area contributed by atoms with Gasteiger partial charge in [-0.3, -0.25) is 4.79 Å². The molecule has 0 aromatic carbocycles. The van der Waals surface area contributed by atoms with Crippen LogP contribution in [0.3, 0.4) is 0 Å². The van der Waals surface area contributed by atoms with Crippen LogP contribution in [0.1, 0.15) is 33.1 Å². The van der Waals surface area contributed by atoms with Crippen molar-refractivity contribution in [3.8, 4) is 0 Å². The SMILES string of the molecule is C=C[C@@]12CC[C@@H](C1)C(C)(C)C2=O. The first-order chi connectivity index (χ1) is 5.53. The first kappa shape index (κ1) is 8.03. The lowest BCUT2D eigenvalue weighted by molar-refractivity contribution is -0.133. The lowest BCUT2D eigenvalue weighted by Gasteiger charge is -2.31. The van der Waals surface area contributed by atoms with Crippen LogP contribution in [0.25, 0.3) is 0 Å². The minimum Gasteiger partial charge on any atom is -0.298 e. The summed E-state index contributed by atoms with van der Waals surface area (Å²) in [7, 11) is 0. The van der Waals surface area contributed by atoms with E-state index >= 15 is 0 Å². The maximum Gasteiger partial charge on any atom is 0.148 e. The molecule has 2 bridgehead atoms. The molecule has 0 heterocycles. The van der Waals surface area contributed by atoms with E-state index in [4.69, 9.17) is 0 Å². The van der Waals surface area contributed by atoms with Gasteiger partial charge in [0.15, 0.2) is 0 Å². The molecule has 0 aliphatic heterocycles. The standard InChI is InChI=1S/C11H16O/c1-4-11-6-5-8(7-11)10(2,3)9(11)12/h4,8H,1,5-7H2,2-3H3/t8-,11+/m0/s1. The molecule has 0 aromatic rings. The maximum absolute atomic E-state index is 12.0. The highest BCUT2D eigenvalue weighted by Crippen LogP contribution is 2.60. The number of carbonyl (C=O) groups excluding carboxylic acids is 1. The summed E-state index contributed by atoms with van der Waals surface area (Å²) in [5.41, 5.74) is -0.208. The molecule has 12 heavy (non-hydrogen) atoms. The van der Waals surface area contributed by atoms with Gasteiger partial charge in [0.1, 0.15) is 5.78 Å². The fourth-order valence-electron chi connectivity index (χ4n) is 3.00. The quantitative estimate of drug-likeness (QED) is 0.544. The Morgan fingerprint density at radius 1 is 1.58 bits per heavy atom. The zero-order valence-electron chi connectivity index (χ0n) is 7.89. The molecule has 2 saturated carbocycles. The summed E-state index contributed by atoms with van der Waals surface area (Å²) >= 11 is 0. The molecule has 0 N–H and O–H groups in total. The molecule has 2 aliphatic carbocycles. The molecule has 0 spiro atoms. The van der Waals surface area contributed by atoms with Gasteiger partial charge >= 0.3 is 0 Å². The molecule has 0 amide bonds. The van der Waals surface area contributed by atoms with Crippen LogP contribution in [-0.2, 0) is 4.79 Å². The molecule has 2 rings (SSSR count). The van der Waals surface area contributed by atoms with E-state index in [9.17, 15) is 4.79 Å². The van der Waals surface area contributed by atoms with Crippen LogP contribution in [0, 0.1) is 16.7 Å². The second-order valence-corrected chi connectivity index (χ2v) is 4.85. The Balaban J connectivity index is 2.44. The first-order valence-corrected chi connectivity index (χ1v) is 4.71. The normalized spacial score (nSPS) is 43.5. The van der Waals surface area contributed by atoms with Crippen LogP contribution >= 0.6 is 0 Å². The van der Waals surface area contributed by atoms with Crippen molar-refractivity contribution < 1.29 is 4.79 Å². The van der Waals surface area contributed by atoms with E-state index in [0.717, 1.165) is 12.8 Å². The molecule has 1 nitrogen and oxygen atoms in total. The molecule has 66 valence electrons. The Morgan fingerprint density at radius 3 is 2.58 bits per heavy atom. The van der Waals surface area contributed by atoms with Crippen molar-refractivity contribution in [3.05, 3.63) is 12.7 Å². The number of hydrogen-bond donors (Lipinski definition) is 0. The fourth-order valence-corrected chi connectivity index (χ4v) is 3.00. The summed E-state index contributed by atoms with van der Waals surface area (Å²) in [4.78, 5) is 12.0. The van der Waals surface area contributed by atoms with Gasteiger partial charge < -0.3 is 0 Å². The largest absolute Gasteiger partial charge is 0.298 e. The van der Waals surface area contributed by atoms with Gasteiger partial charge in [0.25, 0.3) is 0 Å². The summed E-state index contributed by atoms with van der Waals surface area (Å²) < 4.78 is 0. The first-order valence-electron chi connectivity index (χ1n) is 4.71. The molecule has 2 aliphatic rings. The average Bonchev–Trinajstić information content (AvgIpc) is 2.53. The molecular weight excluding hydrogens is 148 g/mol. The second kappa shape index (κ2) is 2.01. The fraction of sp³-hybridized carbons (Fsp3) is 0.727. The monoisotopic (exact) mass is 164 g/mol. The minimum atomic E-state index is -0.131. The van der Waals surface area contributed by atoms with Gasteiger partial charge in [-0.25, -0.2) is 0 Å². The lowest BCUT2D eigenvalue weighted by Crippen LogP contribution is -2.35. The predicted molar refractivity (Wildman–Crippen MR) is 48.8 cm³/mol. The molecule has 1 heteroatoms. The summed E-state index contributed by atoms with van der Waals surface area (Å²) in [5.74, 6) is 1.05. The van der Waals surface area contributed by atoms with Crippen LogP contribution in [0.4, 0.5) is 0 Å². The van der Waals surface area contributed by atoms with Crippen molar-refractivity contribution in [1.29, 1.82) is 0 Å². The third kappa shape index (κ3) is 0.675. The van der Waals surface area contributed by atoms with Crippen molar-refractivity contribution in [2.45, 2.75) is 33.1 Å². The summed E-state index contributed by atoms with van der Waals surface area (Å²) in [6, 6.07) is 0. The van der Waals surface area contributed by atoms with Crippen LogP contribution in [0.5, 0.6) is 0 Å². The van der Waals surface area contributed by atoms with E-state index < -0.39 is 0 Å². The average molecular weight is 164 g/mol. The number of hydrogen-bond acceptors (Lipinski definition) is 1. The predicted octanol–water partition coefficient (Wildman–Crippen LogP) is 2.57. The number of rotatable bonds is 1. The zero-order chi connectivity index (χ0) is 8.98. The molecule has 0 unspecified atom stereocenters. The van der Waals surface area contributed by atoms with Gasteiger partial charge in [0, 0.05) is 10.8 Å². The van der Waals surface area contributed by atoms with E-state index in [-0.39, 0.29) is 10.8 Å². The van der Waals surface area contributed by atoms with Gasteiger partial charge in [-0.15, -0.1) is 6.58 Å². The summed E-state index contributed by atoms with van der Waals surface area (Å²) in [6.07, 6.45) is 5.21. The van der Waals surface area contributed by atoms with E-state index in [2.05, 4.69) is 20.4 Å². The van der Waals surface area contributed by atoms with Crippen LogP contribution < -0.4 is 0 Å². The highest BCUT2D eigenvalue weighted by molar-refractivity contribution is 5.94. The van der Waals surface area contributed by atoms with Crippen LogP contribution in [-0.4, -0.2) is 5.78 Å². The zero-order valence-corrected chi connectivity index (χ0v) is 7.89. The summed E-state index contributed by atoms with van der Waals surface area (Å²) in [5, 5.41) is 0. The number of ketones is 1. The van der Waals surface area contributed by atoms with Gasteiger partial charge in [0.2, 0.25) is 0 Å². The Bertz CT molecular complexity index is 252. The topological polar surface area (TPSA) is 17.1 Å². The van der Waals surface area contributed by atoms with Gasteiger partial charge in [-0.1, -0.05) is 19.9 Å². The Morgan fingerprint density at radius 2 is 2.25 bits per heavy atom. The van der Waals surface area contributed by atoms with Crippen LogP contribution in [0.15, 0.2) is 12.7 Å². The maximum atomic E-state index is 12.0. The number of Topliss-reactive ketones (excluding diaryl/α,β-unsaturated/α-hetero) is 1. The molecule has 0 aromatic heterocycles. The van der Waals surface area contributed by atoms with E-state index in [1.54, 1.807) is 0 Å². The highest BCUT2D eigenvalue weighted by Gasteiger charge is 2.59. The molecule has 0 saturated heterocycles. The van der Waals surface area contributed by atoms with Gasteiger partial charge in [-0.05, 0) is 25.2 Å². The summed E-state index contributed by atoms with van der Waals surface area (Å²) in [6.45, 7) is 7.98. The molecule has 2 atom stereocenters. The molecule has 2 fully saturated rings. The third-order valence-corrected chi connectivity index (χ3v) is 4.00. The van der Waals surface area contributed by atoms with Crippen molar-refractivity contribution in [1.82, 2.24) is 0 Å². The van der Waals surface area contributed by atoms with E-state index in [1.165, 1.54) is 6.42 Å². The number of carbonyl (C=O) groups is 1.